The van der Waals surface area contributed by atoms with Gasteiger partial charge in [-0.2, -0.15) is 0 Å². The van der Waals surface area contributed by atoms with Gasteiger partial charge in [0, 0.05) is 11.6 Å². The highest BCUT2D eigenvalue weighted by Gasteiger charge is 2.14. The molecule has 0 bridgehead atoms. The Hall–Kier alpha value is -1.02. The number of aryl methyl sites for hydroxylation is 1. The largest absolute Gasteiger partial charge is 0.494 e. The van der Waals surface area contributed by atoms with E-state index >= 15 is 0 Å². The monoisotopic (exact) mass is 249 g/mol. The van der Waals surface area contributed by atoms with E-state index in [9.17, 15) is 0 Å². The molecule has 0 radical (unpaired) electrons. The van der Waals surface area contributed by atoms with Gasteiger partial charge in [-0.3, -0.25) is 0 Å². The van der Waals surface area contributed by atoms with Crippen molar-refractivity contribution in [3.63, 3.8) is 0 Å². The molecular formula is C16H27NO. The van der Waals surface area contributed by atoms with E-state index < -0.39 is 0 Å². The van der Waals surface area contributed by atoms with Crippen molar-refractivity contribution in [2.75, 3.05) is 13.7 Å². The summed E-state index contributed by atoms with van der Waals surface area (Å²) in [5.74, 6) is 1.03. The normalized spacial score (nSPS) is 12.4. The first-order valence-corrected chi connectivity index (χ1v) is 7.13. The molecule has 0 aromatic heterocycles. The van der Waals surface area contributed by atoms with Crippen LogP contribution in [0.25, 0.3) is 0 Å². The van der Waals surface area contributed by atoms with Gasteiger partial charge in [0.1, 0.15) is 5.75 Å². The Balaban J connectivity index is 2.84. The second kappa shape index (κ2) is 8.15. The van der Waals surface area contributed by atoms with Crippen LogP contribution in [-0.4, -0.2) is 13.7 Å². The first-order chi connectivity index (χ1) is 8.72. The van der Waals surface area contributed by atoms with E-state index in [0.717, 1.165) is 12.4 Å². The predicted octanol–water partition coefficient (Wildman–Crippen LogP) is 4.23. The standard InChI is InChI=1S/C16H27NO/c1-5-7-8-9-15(17-4)14-12-13(3)10-11-16(14)18-6-2/h10-12,15,17H,5-9H2,1-4H3. The Bertz CT molecular complexity index is 349. The number of ether oxygens (including phenoxy) is 1. The van der Waals surface area contributed by atoms with Gasteiger partial charge in [0.05, 0.1) is 6.61 Å². The van der Waals surface area contributed by atoms with Crippen LogP contribution >= 0.6 is 0 Å². The molecule has 18 heavy (non-hydrogen) atoms. The van der Waals surface area contributed by atoms with E-state index in [1.807, 2.05) is 14.0 Å². The van der Waals surface area contributed by atoms with Crippen molar-refractivity contribution >= 4 is 0 Å². The van der Waals surface area contributed by atoms with Crippen LogP contribution in [-0.2, 0) is 0 Å². The lowest BCUT2D eigenvalue weighted by Gasteiger charge is -2.20. The van der Waals surface area contributed by atoms with Gasteiger partial charge in [-0.25, -0.2) is 0 Å². The minimum absolute atomic E-state index is 0.401. The maximum Gasteiger partial charge on any atom is 0.124 e. The molecule has 0 heterocycles. The van der Waals surface area contributed by atoms with E-state index in [-0.39, 0.29) is 0 Å². The molecule has 0 saturated carbocycles. The molecule has 2 heteroatoms. The molecule has 0 fully saturated rings. The maximum atomic E-state index is 5.74. The summed E-state index contributed by atoms with van der Waals surface area (Å²) in [5, 5.41) is 3.42. The lowest BCUT2D eigenvalue weighted by atomic mass is 9.98. The van der Waals surface area contributed by atoms with Gasteiger partial charge in [0.25, 0.3) is 0 Å². The molecule has 1 atom stereocenters. The number of unbranched alkanes of at least 4 members (excludes halogenated alkanes) is 2. The summed E-state index contributed by atoms with van der Waals surface area (Å²) in [6.07, 6.45) is 5.01. The van der Waals surface area contributed by atoms with Crippen molar-refractivity contribution in [1.29, 1.82) is 0 Å². The molecule has 2 nitrogen and oxygen atoms in total. The summed E-state index contributed by atoms with van der Waals surface area (Å²) in [6, 6.07) is 6.86. The summed E-state index contributed by atoms with van der Waals surface area (Å²) in [4.78, 5) is 0. The highest BCUT2D eigenvalue weighted by Crippen LogP contribution is 2.29. The lowest BCUT2D eigenvalue weighted by molar-refractivity contribution is 0.330. The molecule has 0 aliphatic carbocycles. The molecule has 0 saturated heterocycles. The molecule has 1 aromatic carbocycles. The Kier molecular flexibility index (Phi) is 6.81. The van der Waals surface area contributed by atoms with E-state index in [2.05, 4.69) is 37.4 Å². The van der Waals surface area contributed by atoms with Crippen molar-refractivity contribution in [1.82, 2.24) is 5.32 Å². The Morgan fingerprint density at radius 3 is 2.61 bits per heavy atom. The SMILES string of the molecule is CCCCCC(NC)c1cc(C)ccc1OCC. The zero-order valence-corrected chi connectivity index (χ0v) is 12.3. The third-order valence-electron chi connectivity index (χ3n) is 3.29. The smallest absolute Gasteiger partial charge is 0.124 e. The molecule has 0 aliphatic heterocycles. The van der Waals surface area contributed by atoms with Crippen molar-refractivity contribution in [2.45, 2.75) is 52.5 Å². The van der Waals surface area contributed by atoms with Gasteiger partial charge in [-0.15, -0.1) is 0 Å². The number of rotatable bonds is 8. The summed E-state index contributed by atoms with van der Waals surface area (Å²) >= 11 is 0. The fraction of sp³-hybridized carbons (Fsp3) is 0.625. The first-order valence-electron chi connectivity index (χ1n) is 7.13. The van der Waals surface area contributed by atoms with Crippen LogP contribution in [0.1, 0.15) is 56.7 Å². The third-order valence-corrected chi connectivity index (χ3v) is 3.29. The van der Waals surface area contributed by atoms with Crippen LogP contribution in [0.5, 0.6) is 5.75 Å². The maximum absolute atomic E-state index is 5.74. The topological polar surface area (TPSA) is 21.3 Å². The third kappa shape index (κ3) is 4.34. The van der Waals surface area contributed by atoms with Crippen LogP contribution < -0.4 is 10.1 Å². The molecule has 0 spiro atoms. The van der Waals surface area contributed by atoms with Gasteiger partial charge in [0.15, 0.2) is 0 Å². The summed E-state index contributed by atoms with van der Waals surface area (Å²) in [5.41, 5.74) is 2.60. The molecule has 102 valence electrons. The highest BCUT2D eigenvalue weighted by atomic mass is 16.5. The molecule has 1 aromatic rings. The van der Waals surface area contributed by atoms with Crippen LogP contribution in [0.2, 0.25) is 0 Å². The van der Waals surface area contributed by atoms with Gasteiger partial charge < -0.3 is 10.1 Å². The van der Waals surface area contributed by atoms with Crippen molar-refractivity contribution in [3.8, 4) is 5.75 Å². The predicted molar refractivity (Wildman–Crippen MR) is 78.3 cm³/mol. The molecule has 0 aliphatic rings. The number of hydrogen-bond donors (Lipinski definition) is 1. The minimum Gasteiger partial charge on any atom is -0.494 e. The van der Waals surface area contributed by atoms with Crippen LogP contribution in [0.15, 0.2) is 18.2 Å². The second-order valence-corrected chi connectivity index (χ2v) is 4.81. The minimum atomic E-state index is 0.401. The number of hydrogen-bond acceptors (Lipinski definition) is 2. The fourth-order valence-electron chi connectivity index (χ4n) is 2.28. The van der Waals surface area contributed by atoms with Gasteiger partial charge in [-0.1, -0.05) is 43.9 Å². The lowest BCUT2D eigenvalue weighted by Crippen LogP contribution is -2.17. The van der Waals surface area contributed by atoms with E-state index in [1.165, 1.54) is 36.8 Å². The van der Waals surface area contributed by atoms with Crippen LogP contribution in [0.4, 0.5) is 0 Å². The van der Waals surface area contributed by atoms with Crippen LogP contribution in [0.3, 0.4) is 0 Å². The second-order valence-electron chi connectivity index (χ2n) is 4.81. The Labute approximate surface area is 112 Å². The molecule has 1 unspecified atom stereocenters. The quantitative estimate of drug-likeness (QED) is 0.696. The van der Waals surface area contributed by atoms with Gasteiger partial charge >= 0.3 is 0 Å². The average molecular weight is 249 g/mol. The van der Waals surface area contributed by atoms with Gasteiger partial charge in [-0.05, 0) is 33.4 Å². The average Bonchev–Trinajstić information content (AvgIpc) is 2.37. The van der Waals surface area contributed by atoms with Crippen molar-refractivity contribution < 1.29 is 4.74 Å². The molecular weight excluding hydrogens is 222 g/mol. The zero-order chi connectivity index (χ0) is 13.4. The first kappa shape index (κ1) is 15.0. The summed E-state index contributed by atoms with van der Waals surface area (Å²) in [7, 11) is 2.04. The molecule has 1 N–H and O–H groups in total. The van der Waals surface area contributed by atoms with Crippen LogP contribution in [0, 0.1) is 6.92 Å². The highest BCUT2D eigenvalue weighted by molar-refractivity contribution is 5.39. The van der Waals surface area contributed by atoms with E-state index in [1.54, 1.807) is 0 Å². The van der Waals surface area contributed by atoms with Crippen molar-refractivity contribution in [2.24, 2.45) is 0 Å². The number of benzene rings is 1. The number of nitrogens with one attached hydrogen (secondary N) is 1. The molecule has 1 rings (SSSR count). The molecule has 0 amide bonds. The van der Waals surface area contributed by atoms with E-state index in [4.69, 9.17) is 4.74 Å². The zero-order valence-electron chi connectivity index (χ0n) is 12.3. The fourth-order valence-corrected chi connectivity index (χ4v) is 2.28. The Morgan fingerprint density at radius 1 is 1.22 bits per heavy atom. The Morgan fingerprint density at radius 2 is 2.00 bits per heavy atom. The van der Waals surface area contributed by atoms with E-state index in [0.29, 0.717) is 6.04 Å². The summed E-state index contributed by atoms with van der Waals surface area (Å²) in [6.45, 7) is 7.14. The van der Waals surface area contributed by atoms with Gasteiger partial charge in [0.2, 0.25) is 0 Å². The summed E-state index contributed by atoms with van der Waals surface area (Å²) < 4.78 is 5.74. The van der Waals surface area contributed by atoms with Crippen molar-refractivity contribution in [3.05, 3.63) is 29.3 Å².